The quantitative estimate of drug-likeness (QED) is 0.608. The molecule has 0 saturated carbocycles. The Labute approximate surface area is 168 Å². The van der Waals surface area contributed by atoms with Crippen molar-refractivity contribution in [3.8, 4) is 23.0 Å². The summed E-state index contributed by atoms with van der Waals surface area (Å²) in [5.74, 6) is 2.15. The molecule has 0 unspecified atom stereocenters. The van der Waals surface area contributed by atoms with Crippen molar-refractivity contribution in [1.82, 2.24) is 20.1 Å². The molecule has 2 aromatic heterocycles. The first-order chi connectivity index (χ1) is 14.1. The molecule has 0 fully saturated rings. The molecule has 0 aliphatic carbocycles. The molecule has 0 bridgehead atoms. The fraction of sp³-hybridized carbons (Fsp3) is 0.333. The van der Waals surface area contributed by atoms with Gasteiger partial charge in [-0.3, -0.25) is 9.78 Å². The Hall–Kier alpha value is -3.42. The standard InChI is InChI=1S/C21H22N4O4/c1-3-14-4-6-16(22-11-14)12-25(2)20(26)9-8-19-23-24-21(29-19)15-5-7-17-18(10-15)28-13-27-17/h4-7,10-11H,3,8-9,12-13H2,1-2H3. The number of fused-ring (bicyclic) bond motifs is 1. The van der Waals surface area contributed by atoms with Gasteiger partial charge in [-0.25, -0.2) is 0 Å². The molecule has 1 aliphatic heterocycles. The molecule has 29 heavy (non-hydrogen) atoms. The Bertz CT molecular complexity index is 1000. The Morgan fingerprint density at radius 2 is 2.00 bits per heavy atom. The van der Waals surface area contributed by atoms with Crippen molar-refractivity contribution >= 4 is 5.91 Å². The van der Waals surface area contributed by atoms with Gasteiger partial charge in [0.15, 0.2) is 11.5 Å². The topological polar surface area (TPSA) is 90.6 Å². The Morgan fingerprint density at radius 3 is 2.79 bits per heavy atom. The number of ether oxygens (including phenoxy) is 2. The number of pyridine rings is 1. The van der Waals surface area contributed by atoms with Crippen LogP contribution in [0.3, 0.4) is 0 Å². The third-order valence-corrected chi connectivity index (χ3v) is 4.76. The monoisotopic (exact) mass is 394 g/mol. The van der Waals surface area contributed by atoms with Gasteiger partial charge in [0.05, 0.1) is 12.2 Å². The number of benzene rings is 1. The summed E-state index contributed by atoms with van der Waals surface area (Å²) in [6, 6.07) is 9.44. The van der Waals surface area contributed by atoms with Gasteiger partial charge in [0.1, 0.15) is 0 Å². The summed E-state index contributed by atoms with van der Waals surface area (Å²) < 4.78 is 16.4. The number of hydrogen-bond donors (Lipinski definition) is 0. The molecule has 8 nitrogen and oxygen atoms in total. The highest BCUT2D eigenvalue weighted by Gasteiger charge is 2.17. The Kier molecular flexibility index (Phi) is 5.41. The van der Waals surface area contributed by atoms with Crippen molar-refractivity contribution < 1.29 is 18.7 Å². The Morgan fingerprint density at radius 1 is 1.14 bits per heavy atom. The summed E-state index contributed by atoms with van der Waals surface area (Å²) in [5.41, 5.74) is 2.79. The largest absolute Gasteiger partial charge is 0.454 e. The van der Waals surface area contributed by atoms with Crippen molar-refractivity contribution in [2.24, 2.45) is 0 Å². The maximum absolute atomic E-state index is 12.4. The minimum atomic E-state index is -0.00537. The smallest absolute Gasteiger partial charge is 0.247 e. The minimum absolute atomic E-state index is 0.00537. The fourth-order valence-electron chi connectivity index (χ4n) is 2.99. The van der Waals surface area contributed by atoms with Crippen LogP contribution in [0.2, 0.25) is 0 Å². The van der Waals surface area contributed by atoms with Crippen LogP contribution in [0.4, 0.5) is 0 Å². The summed E-state index contributed by atoms with van der Waals surface area (Å²) in [6.07, 6.45) is 3.46. The van der Waals surface area contributed by atoms with Gasteiger partial charge in [0.2, 0.25) is 24.5 Å². The van der Waals surface area contributed by atoms with Gasteiger partial charge >= 0.3 is 0 Å². The van der Waals surface area contributed by atoms with E-state index in [2.05, 4.69) is 22.1 Å². The first-order valence-corrected chi connectivity index (χ1v) is 9.52. The lowest BCUT2D eigenvalue weighted by atomic mass is 10.2. The minimum Gasteiger partial charge on any atom is -0.454 e. The van der Waals surface area contributed by atoms with Crippen molar-refractivity contribution in [2.45, 2.75) is 32.7 Å². The fourth-order valence-corrected chi connectivity index (χ4v) is 2.99. The van der Waals surface area contributed by atoms with Gasteiger partial charge in [-0.15, -0.1) is 10.2 Å². The summed E-state index contributed by atoms with van der Waals surface area (Å²) in [5, 5.41) is 8.12. The van der Waals surface area contributed by atoms with Gasteiger partial charge in [0.25, 0.3) is 0 Å². The molecule has 4 rings (SSSR count). The second kappa shape index (κ2) is 8.30. The lowest BCUT2D eigenvalue weighted by Crippen LogP contribution is -2.26. The first kappa shape index (κ1) is 18.9. The van der Waals surface area contributed by atoms with E-state index in [9.17, 15) is 4.79 Å². The average molecular weight is 394 g/mol. The van der Waals surface area contributed by atoms with Crippen molar-refractivity contribution in [3.63, 3.8) is 0 Å². The summed E-state index contributed by atoms with van der Waals surface area (Å²) in [7, 11) is 1.77. The van der Waals surface area contributed by atoms with Gasteiger partial charge in [-0.2, -0.15) is 0 Å². The summed E-state index contributed by atoms with van der Waals surface area (Å²) in [4.78, 5) is 18.5. The van der Waals surface area contributed by atoms with Crippen LogP contribution in [0.15, 0.2) is 40.9 Å². The van der Waals surface area contributed by atoms with Crippen LogP contribution >= 0.6 is 0 Å². The molecule has 0 N–H and O–H groups in total. The van der Waals surface area contributed by atoms with Crippen LogP contribution in [0.25, 0.3) is 11.5 Å². The molecule has 0 radical (unpaired) electrons. The molecule has 0 saturated heterocycles. The number of nitrogens with zero attached hydrogens (tertiary/aromatic N) is 4. The number of carbonyl (C=O) groups excluding carboxylic acids is 1. The molecular weight excluding hydrogens is 372 g/mol. The molecule has 1 aliphatic rings. The van der Waals surface area contributed by atoms with Crippen LogP contribution in [0.5, 0.6) is 11.5 Å². The zero-order valence-corrected chi connectivity index (χ0v) is 16.4. The van der Waals surface area contributed by atoms with Gasteiger partial charge < -0.3 is 18.8 Å². The van der Waals surface area contributed by atoms with Crippen molar-refractivity contribution in [3.05, 3.63) is 53.7 Å². The van der Waals surface area contributed by atoms with Crippen LogP contribution in [0, 0.1) is 0 Å². The van der Waals surface area contributed by atoms with E-state index in [1.165, 1.54) is 5.56 Å². The predicted octanol–water partition coefficient (Wildman–Crippen LogP) is 3.01. The zero-order chi connectivity index (χ0) is 20.2. The molecule has 3 aromatic rings. The van der Waals surface area contributed by atoms with E-state index < -0.39 is 0 Å². The van der Waals surface area contributed by atoms with E-state index >= 15 is 0 Å². The third kappa shape index (κ3) is 4.37. The van der Waals surface area contributed by atoms with E-state index in [0.29, 0.717) is 36.2 Å². The molecule has 1 aromatic carbocycles. The van der Waals surface area contributed by atoms with Gasteiger partial charge in [-0.05, 0) is 36.2 Å². The molecule has 150 valence electrons. The normalized spacial score (nSPS) is 12.2. The second-order valence-electron chi connectivity index (χ2n) is 6.83. The number of amides is 1. The first-order valence-electron chi connectivity index (χ1n) is 9.52. The van der Waals surface area contributed by atoms with Gasteiger partial charge in [-0.1, -0.05) is 13.0 Å². The highest BCUT2D eigenvalue weighted by Crippen LogP contribution is 2.35. The summed E-state index contributed by atoms with van der Waals surface area (Å²) in [6.45, 7) is 2.76. The molecule has 8 heteroatoms. The lowest BCUT2D eigenvalue weighted by Gasteiger charge is -2.16. The van der Waals surface area contributed by atoms with Crippen LogP contribution in [-0.2, 0) is 24.2 Å². The van der Waals surface area contributed by atoms with Crippen LogP contribution in [0.1, 0.15) is 30.5 Å². The second-order valence-corrected chi connectivity index (χ2v) is 6.83. The van der Waals surface area contributed by atoms with Crippen molar-refractivity contribution in [1.29, 1.82) is 0 Å². The Balaban J connectivity index is 1.32. The molecule has 0 spiro atoms. The zero-order valence-electron chi connectivity index (χ0n) is 16.4. The van der Waals surface area contributed by atoms with Gasteiger partial charge in [0, 0.05) is 31.6 Å². The van der Waals surface area contributed by atoms with Crippen LogP contribution in [-0.4, -0.2) is 39.8 Å². The molecule has 0 atom stereocenters. The highest BCUT2D eigenvalue weighted by molar-refractivity contribution is 5.76. The van der Waals surface area contributed by atoms with E-state index in [1.807, 2.05) is 24.4 Å². The molecule has 3 heterocycles. The summed E-state index contributed by atoms with van der Waals surface area (Å²) >= 11 is 0. The lowest BCUT2D eigenvalue weighted by molar-refractivity contribution is -0.130. The average Bonchev–Trinajstić information content (AvgIpc) is 3.41. The third-order valence-electron chi connectivity index (χ3n) is 4.76. The number of carbonyl (C=O) groups is 1. The van der Waals surface area contributed by atoms with E-state index in [1.54, 1.807) is 24.1 Å². The number of hydrogen-bond acceptors (Lipinski definition) is 7. The number of rotatable bonds is 7. The maximum Gasteiger partial charge on any atom is 0.247 e. The van der Waals surface area contributed by atoms with E-state index in [4.69, 9.17) is 13.9 Å². The van der Waals surface area contributed by atoms with E-state index in [-0.39, 0.29) is 19.1 Å². The van der Waals surface area contributed by atoms with Crippen LogP contribution < -0.4 is 9.47 Å². The van der Waals surface area contributed by atoms with Crippen molar-refractivity contribution in [2.75, 3.05) is 13.8 Å². The predicted molar refractivity (Wildman–Crippen MR) is 104 cm³/mol. The maximum atomic E-state index is 12.4. The SMILES string of the molecule is CCc1ccc(CN(C)C(=O)CCc2nnc(-c3ccc4c(c3)OCO4)o2)nc1. The number of aryl methyl sites for hydroxylation is 2. The molecule has 1 amide bonds. The highest BCUT2D eigenvalue weighted by atomic mass is 16.7. The van der Waals surface area contributed by atoms with E-state index in [0.717, 1.165) is 17.7 Å². The number of aromatic nitrogens is 3. The molecular formula is C21H22N4O4.